The minimum atomic E-state index is -1.41. The molecule has 0 aromatic carbocycles. The number of unbranched alkanes of at least 4 members (excludes halogenated alkanes) is 1. The number of hydrogen-bond acceptors (Lipinski definition) is 9. The van der Waals surface area contributed by atoms with Gasteiger partial charge in [-0.05, 0) is 44.2 Å². The monoisotopic (exact) mass is 451 g/mol. The summed E-state index contributed by atoms with van der Waals surface area (Å²) in [5.41, 5.74) is 10.8. The number of carbonyl (C=O) groups excluding carboxylic acids is 3. The highest BCUT2D eigenvalue weighted by molar-refractivity contribution is 7.98. The molecule has 0 heterocycles. The van der Waals surface area contributed by atoms with E-state index in [9.17, 15) is 29.4 Å². The Hall–Kier alpha value is -1.93. The van der Waals surface area contributed by atoms with Gasteiger partial charge in [0.15, 0.2) is 0 Å². The van der Waals surface area contributed by atoms with E-state index in [0.29, 0.717) is 25.1 Å². The third-order valence-corrected chi connectivity index (χ3v) is 4.80. The zero-order valence-electron chi connectivity index (χ0n) is 17.0. The van der Waals surface area contributed by atoms with Crippen LogP contribution in [0.2, 0.25) is 0 Å². The van der Waals surface area contributed by atoms with Gasteiger partial charge < -0.3 is 42.7 Å². The van der Waals surface area contributed by atoms with Crippen molar-refractivity contribution in [2.75, 3.05) is 31.8 Å². The van der Waals surface area contributed by atoms with Crippen LogP contribution in [-0.4, -0.2) is 94.9 Å². The summed E-state index contributed by atoms with van der Waals surface area (Å²) in [7, 11) is 0. The zero-order chi connectivity index (χ0) is 23.1. The first-order valence-electron chi connectivity index (χ1n) is 9.51. The van der Waals surface area contributed by atoms with Crippen molar-refractivity contribution in [3.63, 3.8) is 0 Å². The van der Waals surface area contributed by atoms with Gasteiger partial charge in [0.05, 0.1) is 13.2 Å². The maximum absolute atomic E-state index is 12.5. The van der Waals surface area contributed by atoms with Crippen LogP contribution < -0.4 is 27.4 Å². The lowest BCUT2D eigenvalue weighted by Crippen LogP contribution is -2.58. The van der Waals surface area contributed by atoms with E-state index in [1.165, 1.54) is 11.8 Å². The fourth-order valence-electron chi connectivity index (χ4n) is 2.36. The molecule has 0 radical (unpaired) electrons. The summed E-state index contributed by atoms with van der Waals surface area (Å²) in [5.74, 6) is -3.09. The number of carboxylic acid groups (broad SMARTS) is 1. The van der Waals surface area contributed by atoms with Gasteiger partial charge in [0.2, 0.25) is 17.7 Å². The Labute approximate surface area is 179 Å². The predicted molar refractivity (Wildman–Crippen MR) is 111 cm³/mol. The Morgan fingerprint density at radius 2 is 1.43 bits per heavy atom. The average Bonchev–Trinajstić information content (AvgIpc) is 2.72. The number of aliphatic hydroxyl groups is 2. The number of nitrogens with one attached hydrogen (secondary N) is 3. The van der Waals surface area contributed by atoms with Crippen LogP contribution in [0, 0.1) is 0 Å². The van der Waals surface area contributed by atoms with Gasteiger partial charge in [-0.1, -0.05) is 0 Å². The van der Waals surface area contributed by atoms with Crippen LogP contribution in [0.25, 0.3) is 0 Å². The lowest BCUT2D eigenvalue weighted by Gasteiger charge is -2.24. The summed E-state index contributed by atoms with van der Waals surface area (Å²) >= 11 is 1.43. The van der Waals surface area contributed by atoms with E-state index >= 15 is 0 Å². The minimum absolute atomic E-state index is 0.149. The lowest BCUT2D eigenvalue weighted by molar-refractivity contribution is -0.142. The van der Waals surface area contributed by atoms with Crippen molar-refractivity contribution in [1.29, 1.82) is 0 Å². The molecular formula is C17H33N5O7S. The van der Waals surface area contributed by atoms with Gasteiger partial charge >= 0.3 is 5.97 Å². The molecule has 174 valence electrons. The molecular weight excluding hydrogens is 418 g/mol. The molecule has 4 unspecified atom stereocenters. The number of carboxylic acids is 1. The molecule has 30 heavy (non-hydrogen) atoms. The number of carbonyl (C=O) groups is 4. The highest BCUT2D eigenvalue weighted by Crippen LogP contribution is 2.04. The lowest BCUT2D eigenvalue weighted by atomic mass is 10.1. The first-order chi connectivity index (χ1) is 14.2. The molecule has 0 saturated heterocycles. The number of thioether (sulfide) groups is 1. The van der Waals surface area contributed by atoms with Gasteiger partial charge in [-0.25, -0.2) is 4.79 Å². The molecule has 0 rings (SSSR count). The molecule has 0 fully saturated rings. The summed E-state index contributed by atoms with van der Waals surface area (Å²) in [6, 6.07) is -4.86. The van der Waals surface area contributed by atoms with Crippen LogP contribution in [0.4, 0.5) is 0 Å². The highest BCUT2D eigenvalue weighted by atomic mass is 32.2. The summed E-state index contributed by atoms with van der Waals surface area (Å²) in [4.78, 5) is 48.1. The Morgan fingerprint density at radius 3 is 1.93 bits per heavy atom. The van der Waals surface area contributed by atoms with E-state index in [1.807, 2.05) is 0 Å². The van der Waals surface area contributed by atoms with Crippen molar-refractivity contribution in [3.8, 4) is 0 Å². The molecule has 10 N–H and O–H groups in total. The zero-order valence-corrected chi connectivity index (χ0v) is 17.8. The summed E-state index contributed by atoms with van der Waals surface area (Å²) in [6.07, 6.45) is 3.24. The largest absolute Gasteiger partial charge is 0.480 e. The van der Waals surface area contributed by atoms with E-state index in [0.717, 1.165) is 0 Å². The highest BCUT2D eigenvalue weighted by Gasteiger charge is 2.29. The van der Waals surface area contributed by atoms with Crippen LogP contribution in [0.1, 0.15) is 25.7 Å². The molecule has 0 aliphatic heterocycles. The molecule has 0 aromatic rings. The molecule has 0 aliphatic rings. The van der Waals surface area contributed by atoms with Gasteiger partial charge in [-0.3, -0.25) is 14.4 Å². The van der Waals surface area contributed by atoms with E-state index in [-0.39, 0.29) is 12.8 Å². The number of hydrogen-bond donors (Lipinski definition) is 8. The van der Waals surface area contributed by atoms with Crippen LogP contribution in [-0.2, 0) is 19.2 Å². The van der Waals surface area contributed by atoms with Gasteiger partial charge in [-0.2, -0.15) is 11.8 Å². The van der Waals surface area contributed by atoms with Gasteiger partial charge in [0.1, 0.15) is 24.2 Å². The molecule has 12 nitrogen and oxygen atoms in total. The van der Waals surface area contributed by atoms with Crippen molar-refractivity contribution in [2.24, 2.45) is 11.5 Å². The van der Waals surface area contributed by atoms with Crippen LogP contribution in [0.5, 0.6) is 0 Å². The van der Waals surface area contributed by atoms with Crippen LogP contribution in [0.3, 0.4) is 0 Å². The molecule has 3 amide bonds. The Kier molecular flexibility index (Phi) is 14.8. The van der Waals surface area contributed by atoms with E-state index < -0.39 is 61.1 Å². The van der Waals surface area contributed by atoms with Crippen molar-refractivity contribution in [1.82, 2.24) is 16.0 Å². The van der Waals surface area contributed by atoms with E-state index in [4.69, 9.17) is 16.6 Å². The number of aliphatic carboxylic acids is 1. The Balaban J connectivity index is 5.07. The standard InChI is InChI=1S/C17H33N5O7S/c1-30-7-5-11(20-14(25)10(19)8-23)15(26)22-13(9-24)16(27)21-12(17(28)29)4-2-3-6-18/h10-13,23-24H,2-9,18-19H2,1H3,(H,20,25)(H,21,27)(H,22,26)(H,28,29). The molecule has 0 saturated carbocycles. The van der Waals surface area contributed by atoms with Crippen LogP contribution in [0.15, 0.2) is 0 Å². The Bertz CT molecular complexity index is 567. The third-order valence-electron chi connectivity index (χ3n) is 4.15. The second-order valence-electron chi connectivity index (χ2n) is 6.56. The first-order valence-corrected chi connectivity index (χ1v) is 10.9. The Morgan fingerprint density at radius 1 is 0.867 bits per heavy atom. The molecule has 0 aliphatic carbocycles. The summed E-state index contributed by atoms with van der Waals surface area (Å²) in [5, 5.41) is 34.7. The van der Waals surface area contributed by atoms with Gasteiger partial charge in [0.25, 0.3) is 0 Å². The third kappa shape index (κ3) is 10.7. The normalized spacial score (nSPS) is 14.8. The van der Waals surface area contributed by atoms with Crippen molar-refractivity contribution in [2.45, 2.75) is 49.9 Å². The second kappa shape index (κ2) is 15.8. The van der Waals surface area contributed by atoms with Crippen molar-refractivity contribution < 1.29 is 34.5 Å². The molecule has 13 heteroatoms. The van der Waals surface area contributed by atoms with Crippen molar-refractivity contribution >= 4 is 35.5 Å². The number of amides is 3. The fourth-order valence-corrected chi connectivity index (χ4v) is 2.83. The average molecular weight is 452 g/mol. The van der Waals surface area contributed by atoms with Crippen LogP contribution >= 0.6 is 11.8 Å². The topological polar surface area (TPSA) is 217 Å². The summed E-state index contributed by atoms with van der Waals surface area (Å²) < 4.78 is 0. The maximum atomic E-state index is 12.5. The molecule has 0 bridgehead atoms. The van der Waals surface area contributed by atoms with Gasteiger partial charge in [-0.15, -0.1) is 0 Å². The molecule has 4 atom stereocenters. The second-order valence-corrected chi connectivity index (χ2v) is 7.54. The van der Waals surface area contributed by atoms with E-state index in [1.54, 1.807) is 6.26 Å². The quantitative estimate of drug-likeness (QED) is 0.109. The SMILES string of the molecule is CSCCC(NC(=O)C(N)CO)C(=O)NC(CO)C(=O)NC(CCCCN)C(=O)O. The number of nitrogens with two attached hydrogens (primary N) is 2. The number of rotatable bonds is 16. The minimum Gasteiger partial charge on any atom is -0.480 e. The summed E-state index contributed by atoms with van der Waals surface area (Å²) in [6.45, 7) is -0.990. The van der Waals surface area contributed by atoms with Crippen molar-refractivity contribution in [3.05, 3.63) is 0 Å². The molecule has 0 aromatic heterocycles. The molecule has 0 spiro atoms. The van der Waals surface area contributed by atoms with E-state index in [2.05, 4.69) is 16.0 Å². The first kappa shape index (κ1) is 28.1. The fraction of sp³-hybridized carbons (Fsp3) is 0.765. The predicted octanol–water partition coefficient (Wildman–Crippen LogP) is -3.28. The smallest absolute Gasteiger partial charge is 0.326 e. The van der Waals surface area contributed by atoms with Gasteiger partial charge in [0, 0.05) is 0 Å². The number of aliphatic hydroxyl groups excluding tert-OH is 2. The maximum Gasteiger partial charge on any atom is 0.326 e.